The lowest BCUT2D eigenvalue weighted by molar-refractivity contribution is 0.756. The van der Waals surface area contributed by atoms with Gasteiger partial charge in [0, 0.05) is 25.4 Å². The fraction of sp³-hybridized carbons (Fsp3) is 0.308. The third-order valence-corrected chi connectivity index (χ3v) is 2.83. The molecule has 0 spiro atoms. The number of aromatic nitrogens is 2. The van der Waals surface area contributed by atoms with Crippen LogP contribution in [0.3, 0.4) is 0 Å². The Hall–Kier alpha value is -1.61. The molecule has 0 unspecified atom stereocenters. The number of nitrogens with two attached hydrogens (primary N) is 1. The van der Waals surface area contributed by atoms with Gasteiger partial charge in [0.2, 0.25) is 0 Å². The smallest absolute Gasteiger partial charge is 0.0672 e. The highest BCUT2D eigenvalue weighted by molar-refractivity contribution is 5.69. The molecular weight excluding hydrogens is 198 g/mol. The summed E-state index contributed by atoms with van der Waals surface area (Å²) in [5.41, 5.74) is 11.5. The van der Waals surface area contributed by atoms with Crippen molar-refractivity contribution in [2.45, 2.75) is 20.4 Å². The molecular formula is C13H17N3. The number of rotatable bonds is 2. The second-order valence-corrected chi connectivity index (χ2v) is 4.16. The van der Waals surface area contributed by atoms with Crippen molar-refractivity contribution in [2.24, 2.45) is 12.8 Å². The molecule has 1 aromatic heterocycles. The van der Waals surface area contributed by atoms with Crippen molar-refractivity contribution in [3.8, 4) is 11.1 Å². The van der Waals surface area contributed by atoms with Crippen molar-refractivity contribution in [3.63, 3.8) is 0 Å². The van der Waals surface area contributed by atoms with Crippen LogP contribution in [0.5, 0.6) is 0 Å². The maximum absolute atomic E-state index is 5.63. The minimum absolute atomic E-state index is 0.590. The molecule has 0 radical (unpaired) electrons. The molecule has 3 nitrogen and oxygen atoms in total. The summed E-state index contributed by atoms with van der Waals surface area (Å²) in [5, 5.41) is 4.36. The average Bonchev–Trinajstić information content (AvgIpc) is 2.57. The van der Waals surface area contributed by atoms with Crippen molar-refractivity contribution < 1.29 is 0 Å². The molecule has 0 saturated heterocycles. The van der Waals surface area contributed by atoms with Crippen LogP contribution in [-0.4, -0.2) is 9.78 Å². The van der Waals surface area contributed by atoms with E-state index in [4.69, 9.17) is 5.73 Å². The van der Waals surface area contributed by atoms with Gasteiger partial charge < -0.3 is 5.73 Å². The summed E-state index contributed by atoms with van der Waals surface area (Å²) in [7, 11) is 1.94. The van der Waals surface area contributed by atoms with E-state index in [1.807, 2.05) is 18.7 Å². The maximum atomic E-state index is 5.63. The monoisotopic (exact) mass is 215 g/mol. The quantitative estimate of drug-likeness (QED) is 0.834. The summed E-state index contributed by atoms with van der Waals surface area (Å²) in [4.78, 5) is 0. The van der Waals surface area contributed by atoms with E-state index in [1.54, 1.807) is 0 Å². The lowest BCUT2D eigenvalue weighted by Crippen LogP contribution is -1.97. The van der Waals surface area contributed by atoms with Crippen LogP contribution in [0.4, 0.5) is 0 Å². The van der Waals surface area contributed by atoms with Crippen molar-refractivity contribution in [2.75, 3.05) is 0 Å². The summed E-state index contributed by atoms with van der Waals surface area (Å²) >= 11 is 0. The van der Waals surface area contributed by atoms with E-state index in [-0.39, 0.29) is 0 Å². The van der Waals surface area contributed by atoms with Crippen LogP contribution in [0, 0.1) is 13.8 Å². The lowest BCUT2D eigenvalue weighted by Gasteiger charge is -2.06. The van der Waals surface area contributed by atoms with Crippen LogP contribution in [0.15, 0.2) is 24.4 Å². The van der Waals surface area contributed by atoms with Crippen LogP contribution in [0.2, 0.25) is 0 Å². The highest BCUT2D eigenvalue weighted by Crippen LogP contribution is 2.26. The fourth-order valence-corrected chi connectivity index (χ4v) is 2.02. The van der Waals surface area contributed by atoms with E-state index < -0.39 is 0 Å². The molecule has 0 aliphatic rings. The molecule has 2 rings (SSSR count). The highest BCUT2D eigenvalue weighted by atomic mass is 15.2. The SMILES string of the molecule is Cc1cc(CN)ccc1-c1cn(C)nc1C. The van der Waals surface area contributed by atoms with Gasteiger partial charge in [-0.3, -0.25) is 4.68 Å². The number of hydrogen-bond donors (Lipinski definition) is 1. The first-order chi connectivity index (χ1) is 7.61. The topological polar surface area (TPSA) is 43.8 Å². The van der Waals surface area contributed by atoms with Crippen LogP contribution < -0.4 is 5.73 Å². The largest absolute Gasteiger partial charge is 0.326 e. The van der Waals surface area contributed by atoms with Gasteiger partial charge in [0.15, 0.2) is 0 Å². The van der Waals surface area contributed by atoms with E-state index in [2.05, 4.69) is 36.4 Å². The van der Waals surface area contributed by atoms with E-state index in [1.165, 1.54) is 22.3 Å². The molecule has 0 atom stereocenters. The van der Waals surface area contributed by atoms with Crippen molar-refractivity contribution >= 4 is 0 Å². The number of nitrogens with zero attached hydrogens (tertiary/aromatic N) is 2. The molecule has 1 aromatic carbocycles. The highest BCUT2D eigenvalue weighted by Gasteiger charge is 2.08. The molecule has 0 fully saturated rings. The first-order valence-corrected chi connectivity index (χ1v) is 5.42. The fourth-order valence-electron chi connectivity index (χ4n) is 2.02. The molecule has 0 aliphatic heterocycles. The molecule has 0 saturated carbocycles. The molecule has 16 heavy (non-hydrogen) atoms. The van der Waals surface area contributed by atoms with Gasteiger partial charge in [-0.05, 0) is 30.5 Å². The predicted molar refractivity (Wildman–Crippen MR) is 66.0 cm³/mol. The number of benzene rings is 1. The molecule has 0 aliphatic carbocycles. The van der Waals surface area contributed by atoms with Crippen LogP contribution in [0.25, 0.3) is 11.1 Å². The van der Waals surface area contributed by atoms with Crippen molar-refractivity contribution in [1.82, 2.24) is 9.78 Å². The minimum atomic E-state index is 0.590. The molecule has 0 amide bonds. The maximum Gasteiger partial charge on any atom is 0.0672 e. The Kier molecular flexibility index (Phi) is 2.79. The van der Waals surface area contributed by atoms with E-state index in [9.17, 15) is 0 Å². The zero-order valence-corrected chi connectivity index (χ0v) is 9.99. The Labute approximate surface area is 95.9 Å². The zero-order valence-electron chi connectivity index (χ0n) is 9.99. The summed E-state index contributed by atoms with van der Waals surface area (Å²) < 4.78 is 1.85. The number of hydrogen-bond acceptors (Lipinski definition) is 2. The summed E-state index contributed by atoms with van der Waals surface area (Å²) in [6.07, 6.45) is 2.06. The van der Waals surface area contributed by atoms with Gasteiger partial charge in [0.05, 0.1) is 5.69 Å². The summed E-state index contributed by atoms with van der Waals surface area (Å²) in [6, 6.07) is 6.35. The van der Waals surface area contributed by atoms with E-state index in [0.717, 1.165) is 5.69 Å². The molecule has 3 heteroatoms. The van der Waals surface area contributed by atoms with Gasteiger partial charge >= 0.3 is 0 Å². The first kappa shape index (κ1) is 10.9. The third-order valence-electron chi connectivity index (χ3n) is 2.83. The van der Waals surface area contributed by atoms with E-state index in [0.29, 0.717) is 6.54 Å². The molecule has 2 aromatic rings. The van der Waals surface area contributed by atoms with Gasteiger partial charge in [0.1, 0.15) is 0 Å². The Morgan fingerprint density at radius 1 is 1.25 bits per heavy atom. The lowest BCUT2D eigenvalue weighted by atomic mass is 9.99. The van der Waals surface area contributed by atoms with E-state index >= 15 is 0 Å². The molecule has 2 N–H and O–H groups in total. The van der Waals surface area contributed by atoms with Crippen LogP contribution >= 0.6 is 0 Å². The normalized spacial score (nSPS) is 10.8. The predicted octanol–water partition coefficient (Wildman–Crippen LogP) is 2.16. The summed E-state index contributed by atoms with van der Waals surface area (Å²) in [6.45, 7) is 4.74. The zero-order chi connectivity index (χ0) is 11.7. The van der Waals surface area contributed by atoms with Crippen LogP contribution in [0.1, 0.15) is 16.8 Å². The second kappa shape index (κ2) is 4.10. The molecule has 84 valence electrons. The standard InChI is InChI=1S/C13H17N3/c1-9-6-11(7-14)4-5-12(9)13-8-16(3)15-10(13)2/h4-6,8H,7,14H2,1-3H3. The first-order valence-electron chi connectivity index (χ1n) is 5.42. The van der Waals surface area contributed by atoms with Gasteiger partial charge in [-0.15, -0.1) is 0 Å². The van der Waals surface area contributed by atoms with Gasteiger partial charge in [-0.25, -0.2) is 0 Å². The summed E-state index contributed by atoms with van der Waals surface area (Å²) in [5.74, 6) is 0. The Morgan fingerprint density at radius 2 is 2.00 bits per heavy atom. The Bertz CT molecular complexity index is 512. The third kappa shape index (κ3) is 1.86. The Balaban J connectivity index is 2.52. The molecule has 0 bridgehead atoms. The molecule has 1 heterocycles. The van der Waals surface area contributed by atoms with Gasteiger partial charge in [-0.2, -0.15) is 5.10 Å². The van der Waals surface area contributed by atoms with Crippen molar-refractivity contribution in [3.05, 3.63) is 41.2 Å². The Morgan fingerprint density at radius 3 is 2.50 bits per heavy atom. The number of aryl methyl sites for hydroxylation is 3. The van der Waals surface area contributed by atoms with Crippen molar-refractivity contribution in [1.29, 1.82) is 0 Å². The van der Waals surface area contributed by atoms with Crippen LogP contribution in [-0.2, 0) is 13.6 Å². The van der Waals surface area contributed by atoms with Gasteiger partial charge in [-0.1, -0.05) is 18.2 Å². The second-order valence-electron chi connectivity index (χ2n) is 4.16. The minimum Gasteiger partial charge on any atom is -0.326 e. The average molecular weight is 215 g/mol. The van der Waals surface area contributed by atoms with Gasteiger partial charge in [0.25, 0.3) is 0 Å².